The molecule has 1 heterocycles. The Labute approximate surface area is 83.1 Å². The number of aryl methyl sites for hydroxylation is 1. The van der Waals surface area contributed by atoms with Gasteiger partial charge in [0.05, 0.1) is 24.9 Å². The lowest BCUT2D eigenvalue weighted by Gasteiger charge is -2.09. The third-order valence-electron chi connectivity index (χ3n) is 2.01. The summed E-state index contributed by atoms with van der Waals surface area (Å²) in [5.41, 5.74) is 6.57. The molecular formula is C10H14N2O2. The van der Waals surface area contributed by atoms with Crippen molar-refractivity contribution >= 4 is 5.78 Å². The number of ether oxygens (including phenoxy) is 1. The summed E-state index contributed by atoms with van der Waals surface area (Å²) >= 11 is 0. The smallest absolute Gasteiger partial charge is 0.181 e. The molecule has 0 atom stereocenters. The summed E-state index contributed by atoms with van der Waals surface area (Å²) in [6.07, 6.45) is 2.32. The predicted octanol–water partition coefficient (Wildman–Crippen LogP) is 0.794. The van der Waals surface area contributed by atoms with E-state index >= 15 is 0 Å². The first-order chi connectivity index (χ1) is 6.74. The SMILES string of the molecule is CCc1nccc(OC)c1C(=O)CN. The number of rotatable bonds is 4. The van der Waals surface area contributed by atoms with E-state index in [1.54, 1.807) is 12.3 Å². The molecule has 0 fully saturated rings. The van der Waals surface area contributed by atoms with Crippen LogP contribution < -0.4 is 10.5 Å². The Bertz CT molecular complexity index is 315. The first-order valence-corrected chi connectivity index (χ1v) is 4.49. The first kappa shape index (κ1) is 10.7. The number of nitrogens with two attached hydrogens (primary N) is 1. The summed E-state index contributed by atoms with van der Waals surface area (Å²) < 4.78 is 5.09. The maximum Gasteiger partial charge on any atom is 0.181 e. The van der Waals surface area contributed by atoms with Gasteiger partial charge in [0.2, 0.25) is 0 Å². The maximum atomic E-state index is 11.5. The van der Waals surface area contributed by atoms with Crippen molar-refractivity contribution in [3.8, 4) is 5.75 Å². The highest BCUT2D eigenvalue weighted by molar-refractivity contribution is 6.00. The standard InChI is InChI=1S/C10H14N2O2/c1-3-7-10(8(13)6-11)9(14-2)4-5-12-7/h4-5H,3,6,11H2,1-2H3. The Balaban J connectivity index is 3.25. The van der Waals surface area contributed by atoms with E-state index in [0.29, 0.717) is 17.7 Å². The summed E-state index contributed by atoms with van der Waals surface area (Å²) in [6.45, 7) is 1.92. The number of carbonyl (C=O) groups is 1. The molecule has 0 spiro atoms. The van der Waals surface area contributed by atoms with Gasteiger partial charge in [0.25, 0.3) is 0 Å². The molecule has 0 saturated heterocycles. The van der Waals surface area contributed by atoms with Crippen molar-refractivity contribution in [3.05, 3.63) is 23.5 Å². The fourth-order valence-electron chi connectivity index (χ4n) is 1.32. The third kappa shape index (κ3) is 1.90. The van der Waals surface area contributed by atoms with Gasteiger partial charge in [-0.1, -0.05) is 6.92 Å². The molecule has 1 rings (SSSR count). The molecule has 0 unspecified atom stereocenters. The molecule has 0 aliphatic heterocycles. The normalized spacial score (nSPS) is 9.93. The van der Waals surface area contributed by atoms with Crippen LogP contribution in [0.15, 0.2) is 12.3 Å². The van der Waals surface area contributed by atoms with Crippen LogP contribution in [0.2, 0.25) is 0 Å². The van der Waals surface area contributed by atoms with Crippen molar-refractivity contribution in [1.82, 2.24) is 4.98 Å². The van der Waals surface area contributed by atoms with Crippen molar-refractivity contribution in [2.24, 2.45) is 5.73 Å². The minimum Gasteiger partial charge on any atom is -0.496 e. The van der Waals surface area contributed by atoms with Crippen LogP contribution in [-0.2, 0) is 6.42 Å². The lowest BCUT2D eigenvalue weighted by molar-refractivity contribution is 0.0997. The van der Waals surface area contributed by atoms with Gasteiger partial charge in [-0.25, -0.2) is 0 Å². The molecule has 2 N–H and O–H groups in total. The molecule has 4 heteroatoms. The van der Waals surface area contributed by atoms with Gasteiger partial charge in [-0.15, -0.1) is 0 Å². The number of pyridine rings is 1. The van der Waals surface area contributed by atoms with E-state index in [9.17, 15) is 4.79 Å². The van der Waals surface area contributed by atoms with E-state index in [0.717, 1.165) is 5.69 Å². The molecule has 0 aliphatic carbocycles. The molecule has 0 aromatic carbocycles. The highest BCUT2D eigenvalue weighted by Gasteiger charge is 2.15. The molecular weight excluding hydrogens is 180 g/mol. The lowest BCUT2D eigenvalue weighted by Crippen LogP contribution is -2.17. The number of aromatic nitrogens is 1. The second kappa shape index (κ2) is 4.72. The van der Waals surface area contributed by atoms with E-state index in [2.05, 4.69) is 4.98 Å². The molecule has 0 aliphatic rings. The van der Waals surface area contributed by atoms with Crippen molar-refractivity contribution in [2.45, 2.75) is 13.3 Å². The lowest BCUT2D eigenvalue weighted by atomic mass is 10.1. The molecule has 14 heavy (non-hydrogen) atoms. The quantitative estimate of drug-likeness (QED) is 0.720. The van der Waals surface area contributed by atoms with Crippen molar-refractivity contribution < 1.29 is 9.53 Å². The fourth-order valence-corrected chi connectivity index (χ4v) is 1.32. The Kier molecular flexibility index (Phi) is 3.59. The van der Waals surface area contributed by atoms with Crippen LogP contribution in [0.5, 0.6) is 5.75 Å². The summed E-state index contributed by atoms with van der Waals surface area (Å²) in [4.78, 5) is 15.6. The summed E-state index contributed by atoms with van der Waals surface area (Å²) in [5.74, 6) is 0.416. The number of hydrogen-bond donors (Lipinski definition) is 1. The average molecular weight is 194 g/mol. The monoisotopic (exact) mass is 194 g/mol. The minimum absolute atomic E-state index is 0.0188. The zero-order chi connectivity index (χ0) is 10.6. The number of methoxy groups -OCH3 is 1. The van der Waals surface area contributed by atoms with Gasteiger partial charge < -0.3 is 10.5 Å². The van der Waals surface area contributed by atoms with Crippen LogP contribution >= 0.6 is 0 Å². The second-order valence-corrected chi connectivity index (χ2v) is 2.82. The van der Waals surface area contributed by atoms with Gasteiger partial charge in [0, 0.05) is 6.20 Å². The maximum absolute atomic E-state index is 11.5. The van der Waals surface area contributed by atoms with Crippen molar-refractivity contribution in [3.63, 3.8) is 0 Å². The minimum atomic E-state index is -0.133. The Morgan fingerprint density at radius 1 is 1.64 bits per heavy atom. The summed E-state index contributed by atoms with van der Waals surface area (Å²) in [5, 5.41) is 0. The number of carbonyl (C=O) groups excluding carboxylic acids is 1. The van der Waals surface area contributed by atoms with Crippen LogP contribution in [0.1, 0.15) is 23.0 Å². The zero-order valence-corrected chi connectivity index (χ0v) is 8.41. The number of hydrogen-bond acceptors (Lipinski definition) is 4. The van der Waals surface area contributed by atoms with Gasteiger partial charge in [-0.3, -0.25) is 9.78 Å². The Hall–Kier alpha value is -1.42. The molecule has 4 nitrogen and oxygen atoms in total. The molecule has 76 valence electrons. The molecule has 0 saturated carbocycles. The molecule has 0 bridgehead atoms. The second-order valence-electron chi connectivity index (χ2n) is 2.82. The van der Waals surface area contributed by atoms with Gasteiger partial charge in [0.1, 0.15) is 5.75 Å². The molecule has 1 aromatic heterocycles. The first-order valence-electron chi connectivity index (χ1n) is 4.49. The van der Waals surface area contributed by atoms with Crippen LogP contribution in [0.3, 0.4) is 0 Å². The van der Waals surface area contributed by atoms with Crippen LogP contribution in [0.25, 0.3) is 0 Å². The van der Waals surface area contributed by atoms with Gasteiger partial charge in [-0.05, 0) is 12.5 Å². The summed E-state index contributed by atoms with van der Waals surface area (Å²) in [7, 11) is 1.53. The third-order valence-corrected chi connectivity index (χ3v) is 2.01. The van der Waals surface area contributed by atoms with E-state index in [1.165, 1.54) is 7.11 Å². The van der Waals surface area contributed by atoms with Crippen LogP contribution in [0.4, 0.5) is 0 Å². The Morgan fingerprint density at radius 3 is 2.86 bits per heavy atom. The van der Waals surface area contributed by atoms with Gasteiger partial charge >= 0.3 is 0 Å². The fraction of sp³-hybridized carbons (Fsp3) is 0.400. The number of ketones is 1. The van der Waals surface area contributed by atoms with Gasteiger partial charge in [0.15, 0.2) is 5.78 Å². The van der Waals surface area contributed by atoms with Crippen molar-refractivity contribution in [2.75, 3.05) is 13.7 Å². The van der Waals surface area contributed by atoms with E-state index in [4.69, 9.17) is 10.5 Å². The highest BCUT2D eigenvalue weighted by atomic mass is 16.5. The number of Topliss-reactive ketones (excluding diaryl/α,β-unsaturated/α-hetero) is 1. The summed E-state index contributed by atoms with van der Waals surface area (Å²) in [6, 6.07) is 1.67. The van der Waals surface area contributed by atoms with Crippen LogP contribution in [0, 0.1) is 0 Å². The van der Waals surface area contributed by atoms with E-state index in [1.807, 2.05) is 6.92 Å². The average Bonchev–Trinajstić information content (AvgIpc) is 2.26. The largest absolute Gasteiger partial charge is 0.496 e. The molecule has 0 amide bonds. The Morgan fingerprint density at radius 2 is 2.36 bits per heavy atom. The number of nitrogens with zero attached hydrogens (tertiary/aromatic N) is 1. The molecule has 1 aromatic rings. The zero-order valence-electron chi connectivity index (χ0n) is 8.41. The predicted molar refractivity (Wildman–Crippen MR) is 53.6 cm³/mol. The van der Waals surface area contributed by atoms with Crippen molar-refractivity contribution in [1.29, 1.82) is 0 Å². The van der Waals surface area contributed by atoms with Crippen LogP contribution in [-0.4, -0.2) is 24.4 Å². The molecule has 0 radical (unpaired) electrons. The highest BCUT2D eigenvalue weighted by Crippen LogP contribution is 2.20. The van der Waals surface area contributed by atoms with E-state index in [-0.39, 0.29) is 12.3 Å². The van der Waals surface area contributed by atoms with Gasteiger partial charge in [-0.2, -0.15) is 0 Å². The topological polar surface area (TPSA) is 65.2 Å². The van der Waals surface area contributed by atoms with E-state index < -0.39 is 0 Å².